The first kappa shape index (κ1) is 16.4. The second kappa shape index (κ2) is 7.20. The van der Waals surface area contributed by atoms with Crippen molar-refractivity contribution < 1.29 is 24.6 Å². The van der Waals surface area contributed by atoms with Gasteiger partial charge in [-0.1, -0.05) is 18.2 Å². The number of carboxylic acid groups (broad SMARTS) is 2. The number of hydrogen-bond acceptors (Lipinski definition) is 4. The average Bonchev–Trinajstić information content (AvgIpc) is 2.86. The molecule has 2 atom stereocenters. The zero-order chi connectivity index (χ0) is 16.0. The van der Waals surface area contributed by atoms with Gasteiger partial charge in [0.05, 0.1) is 0 Å². The Hall–Kier alpha value is -2.67. The Bertz CT molecular complexity index is 605. The molecular formula is C14H16N2O5. The van der Waals surface area contributed by atoms with Gasteiger partial charge in [0, 0.05) is 11.7 Å². The molecule has 2 aromatic rings. The monoisotopic (exact) mass is 292 g/mol. The van der Waals surface area contributed by atoms with Gasteiger partial charge < -0.3 is 20.9 Å². The maximum absolute atomic E-state index is 10.6. The fourth-order valence-electron chi connectivity index (χ4n) is 1.72. The van der Waals surface area contributed by atoms with Gasteiger partial charge in [-0.3, -0.25) is 14.4 Å². The second-order valence-electron chi connectivity index (χ2n) is 4.36. The standard InChI is InChI=1S/C8H7N.C6H9NO5/c1-2-4-8-7(3-1)5-6-9-8;1-2(8)3(5(9)10)4(7)6(11)12/h1-6,9H;3-4H,7H2,1H3,(H,9,10)(H,11,12). The van der Waals surface area contributed by atoms with E-state index in [0.29, 0.717) is 0 Å². The Balaban J connectivity index is 0.000000216. The van der Waals surface area contributed by atoms with Gasteiger partial charge in [0.15, 0.2) is 0 Å². The molecule has 0 aliphatic heterocycles. The number of aromatic nitrogens is 1. The van der Waals surface area contributed by atoms with Crippen LogP contribution in [0.25, 0.3) is 10.9 Å². The number of ketones is 1. The number of carbonyl (C=O) groups is 3. The van der Waals surface area contributed by atoms with E-state index in [1.165, 1.54) is 10.9 Å². The minimum atomic E-state index is -1.68. The molecule has 2 unspecified atom stereocenters. The van der Waals surface area contributed by atoms with Crippen LogP contribution in [0.2, 0.25) is 0 Å². The van der Waals surface area contributed by atoms with Gasteiger partial charge in [0.1, 0.15) is 17.7 Å². The first-order chi connectivity index (χ1) is 9.84. The van der Waals surface area contributed by atoms with Crippen molar-refractivity contribution in [2.75, 3.05) is 0 Å². The summed E-state index contributed by atoms with van der Waals surface area (Å²) in [6.45, 7) is 0.988. The van der Waals surface area contributed by atoms with Crippen LogP contribution < -0.4 is 5.73 Å². The number of para-hydroxylation sites is 1. The smallest absolute Gasteiger partial charge is 0.321 e. The van der Waals surface area contributed by atoms with Crippen molar-refractivity contribution in [1.29, 1.82) is 0 Å². The van der Waals surface area contributed by atoms with Gasteiger partial charge in [-0.25, -0.2) is 0 Å². The van der Waals surface area contributed by atoms with E-state index >= 15 is 0 Å². The quantitative estimate of drug-likeness (QED) is 0.617. The number of carboxylic acids is 2. The summed E-state index contributed by atoms with van der Waals surface area (Å²) in [5.74, 6) is -5.45. The molecule has 21 heavy (non-hydrogen) atoms. The molecule has 0 aliphatic carbocycles. The highest BCUT2D eigenvalue weighted by Gasteiger charge is 2.34. The third-order valence-corrected chi connectivity index (χ3v) is 2.81. The number of Topliss-reactive ketones (excluding diaryl/α,β-unsaturated/α-hetero) is 1. The van der Waals surface area contributed by atoms with E-state index in [2.05, 4.69) is 23.2 Å². The van der Waals surface area contributed by atoms with Gasteiger partial charge in [-0.05, 0) is 24.4 Å². The van der Waals surface area contributed by atoms with E-state index in [0.717, 1.165) is 6.92 Å². The lowest BCUT2D eigenvalue weighted by Gasteiger charge is -2.12. The summed E-state index contributed by atoms with van der Waals surface area (Å²) in [6.07, 6.45) is 1.95. The maximum atomic E-state index is 10.6. The average molecular weight is 292 g/mol. The van der Waals surface area contributed by atoms with Gasteiger partial charge in [-0.2, -0.15) is 0 Å². The van der Waals surface area contributed by atoms with Crippen LogP contribution in [-0.4, -0.2) is 39.0 Å². The largest absolute Gasteiger partial charge is 0.481 e. The van der Waals surface area contributed by atoms with Crippen LogP contribution in [0, 0.1) is 5.92 Å². The van der Waals surface area contributed by atoms with Crippen LogP contribution in [0.15, 0.2) is 36.5 Å². The van der Waals surface area contributed by atoms with Gasteiger partial charge in [0.2, 0.25) is 0 Å². The molecule has 7 heteroatoms. The minimum Gasteiger partial charge on any atom is -0.481 e. The minimum absolute atomic E-state index is 0.766. The van der Waals surface area contributed by atoms with E-state index in [1.54, 1.807) is 0 Å². The maximum Gasteiger partial charge on any atom is 0.321 e. The van der Waals surface area contributed by atoms with E-state index in [4.69, 9.17) is 15.9 Å². The molecule has 0 fully saturated rings. The van der Waals surface area contributed by atoms with Crippen molar-refractivity contribution in [3.05, 3.63) is 36.5 Å². The predicted octanol–water partition coefficient (Wildman–Crippen LogP) is 0.856. The van der Waals surface area contributed by atoms with Crippen LogP contribution in [0.3, 0.4) is 0 Å². The Morgan fingerprint density at radius 3 is 2.14 bits per heavy atom. The summed E-state index contributed by atoms with van der Waals surface area (Å²) in [5.41, 5.74) is 6.17. The Labute approximate surface area is 120 Å². The van der Waals surface area contributed by atoms with E-state index in [-0.39, 0.29) is 0 Å². The molecule has 1 heterocycles. The zero-order valence-electron chi connectivity index (χ0n) is 11.3. The number of aromatic amines is 1. The third kappa shape index (κ3) is 4.43. The van der Waals surface area contributed by atoms with Crippen molar-refractivity contribution in [2.24, 2.45) is 11.7 Å². The number of rotatable bonds is 4. The molecule has 7 nitrogen and oxygen atoms in total. The molecule has 0 radical (unpaired) electrons. The van der Waals surface area contributed by atoms with Crippen molar-refractivity contribution in [3.63, 3.8) is 0 Å². The first-order valence-electron chi connectivity index (χ1n) is 6.08. The molecular weight excluding hydrogens is 276 g/mol. The van der Waals surface area contributed by atoms with Gasteiger partial charge in [-0.15, -0.1) is 0 Å². The SMILES string of the molecule is CC(=O)C(C(=O)O)C(N)C(=O)O.c1ccc2[nH]ccc2c1. The van der Waals surface area contributed by atoms with Gasteiger partial charge >= 0.3 is 11.9 Å². The molecule has 0 bridgehead atoms. The number of nitrogens with one attached hydrogen (secondary N) is 1. The number of benzene rings is 1. The lowest BCUT2D eigenvalue weighted by molar-refractivity contribution is -0.153. The number of aliphatic carboxylic acids is 2. The van der Waals surface area contributed by atoms with Crippen LogP contribution in [0.5, 0.6) is 0 Å². The topological polar surface area (TPSA) is 133 Å². The molecule has 0 saturated heterocycles. The highest BCUT2D eigenvalue weighted by molar-refractivity contribution is 6.01. The van der Waals surface area contributed by atoms with Crippen molar-refractivity contribution in [2.45, 2.75) is 13.0 Å². The first-order valence-corrected chi connectivity index (χ1v) is 6.08. The number of carbonyl (C=O) groups excluding carboxylic acids is 1. The fraction of sp³-hybridized carbons (Fsp3) is 0.214. The number of nitrogens with two attached hydrogens (primary N) is 1. The summed E-state index contributed by atoms with van der Waals surface area (Å²) in [7, 11) is 0. The third-order valence-electron chi connectivity index (χ3n) is 2.81. The molecule has 5 N–H and O–H groups in total. The fourth-order valence-corrected chi connectivity index (χ4v) is 1.72. The predicted molar refractivity (Wildman–Crippen MR) is 75.7 cm³/mol. The Kier molecular flexibility index (Phi) is 5.62. The second-order valence-corrected chi connectivity index (χ2v) is 4.36. The van der Waals surface area contributed by atoms with Crippen molar-refractivity contribution in [3.8, 4) is 0 Å². The van der Waals surface area contributed by atoms with Crippen LogP contribution in [-0.2, 0) is 14.4 Å². The van der Waals surface area contributed by atoms with E-state index < -0.39 is 29.7 Å². The zero-order valence-corrected chi connectivity index (χ0v) is 11.3. The van der Waals surface area contributed by atoms with Crippen LogP contribution in [0.1, 0.15) is 6.92 Å². The van der Waals surface area contributed by atoms with E-state index in [9.17, 15) is 14.4 Å². The van der Waals surface area contributed by atoms with Crippen LogP contribution >= 0.6 is 0 Å². The molecule has 0 saturated carbocycles. The highest BCUT2D eigenvalue weighted by atomic mass is 16.4. The molecule has 112 valence electrons. The van der Waals surface area contributed by atoms with Crippen molar-refractivity contribution in [1.82, 2.24) is 4.98 Å². The lowest BCUT2D eigenvalue weighted by atomic mass is 9.97. The molecule has 2 rings (SSSR count). The molecule has 0 spiro atoms. The van der Waals surface area contributed by atoms with Crippen molar-refractivity contribution >= 4 is 28.6 Å². The Morgan fingerprint density at radius 1 is 1.10 bits per heavy atom. The number of hydrogen-bond donors (Lipinski definition) is 4. The summed E-state index contributed by atoms with van der Waals surface area (Å²) < 4.78 is 0. The Morgan fingerprint density at radius 2 is 1.71 bits per heavy atom. The number of H-pyrrole nitrogens is 1. The molecule has 0 amide bonds. The summed E-state index contributed by atoms with van der Waals surface area (Å²) in [5, 5.41) is 18.0. The highest BCUT2D eigenvalue weighted by Crippen LogP contribution is 2.09. The summed E-state index contributed by atoms with van der Waals surface area (Å²) >= 11 is 0. The normalized spacial score (nSPS) is 12.9. The van der Waals surface area contributed by atoms with Gasteiger partial charge in [0.25, 0.3) is 0 Å². The van der Waals surface area contributed by atoms with Crippen LogP contribution in [0.4, 0.5) is 0 Å². The summed E-state index contributed by atoms with van der Waals surface area (Å²) in [4.78, 5) is 34.3. The molecule has 0 aliphatic rings. The van der Waals surface area contributed by atoms with E-state index in [1.807, 2.05) is 18.3 Å². The number of fused-ring (bicyclic) bond motifs is 1. The molecule has 1 aromatic heterocycles. The lowest BCUT2D eigenvalue weighted by Crippen LogP contribution is -2.45. The molecule has 1 aromatic carbocycles. The summed E-state index contributed by atoms with van der Waals surface area (Å²) in [6, 6.07) is 8.60.